The van der Waals surface area contributed by atoms with E-state index in [9.17, 15) is 23.9 Å². The number of benzene rings is 3. The summed E-state index contributed by atoms with van der Waals surface area (Å²) in [4.78, 5) is 40.9. The van der Waals surface area contributed by atoms with Gasteiger partial charge < -0.3 is 26.4 Å². The number of amides is 3. The highest BCUT2D eigenvalue weighted by Gasteiger charge is 2.26. The Kier molecular flexibility index (Phi) is 9.33. The van der Waals surface area contributed by atoms with Gasteiger partial charge in [0.2, 0.25) is 17.7 Å². The fourth-order valence-corrected chi connectivity index (χ4v) is 5.32. The summed E-state index contributed by atoms with van der Waals surface area (Å²) in [7, 11) is 0. The van der Waals surface area contributed by atoms with E-state index in [1.807, 2.05) is 42.5 Å². The van der Waals surface area contributed by atoms with E-state index in [4.69, 9.17) is 5.73 Å². The first-order valence-corrected chi connectivity index (χ1v) is 13.5. The average molecular weight is 539 g/mol. The van der Waals surface area contributed by atoms with E-state index in [0.29, 0.717) is 16.3 Å². The van der Waals surface area contributed by atoms with Crippen molar-refractivity contribution >= 4 is 45.9 Å². The van der Waals surface area contributed by atoms with E-state index in [1.165, 1.54) is 28.8 Å². The van der Waals surface area contributed by atoms with E-state index < -0.39 is 24.0 Å². The van der Waals surface area contributed by atoms with Crippen molar-refractivity contribution in [3.05, 3.63) is 72.0 Å². The molecule has 0 bridgehead atoms. The lowest BCUT2D eigenvalue weighted by Crippen LogP contribution is -2.50. The van der Waals surface area contributed by atoms with Crippen molar-refractivity contribution in [1.29, 1.82) is 0 Å². The zero-order chi connectivity index (χ0) is 27.1. The Morgan fingerprint density at radius 1 is 1.11 bits per heavy atom. The number of carbonyl (C=O) groups is 3. The molecular weight excluding hydrogens is 507 g/mol. The fourth-order valence-electron chi connectivity index (χ4n) is 4.30. The molecule has 3 aromatic rings. The largest absolute Gasteiger partial charge is 0.390 e. The maximum Gasteiger partial charge on any atom is 0.243 e. The second-order valence-electron chi connectivity index (χ2n) is 9.15. The zero-order valence-electron chi connectivity index (χ0n) is 20.9. The van der Waals surface area contributed by atoms with Crippen molar-refractivity contribution in [2.45, 2.75) is 36.3 Å². The topological polar surface area (TPSA) is 125 Å². The lowest BCUT2D eigenvalue weighted by Gasteiger charge is -2.24. The van der Waals surface area contributed by atoms with Gasteiger partial charge in [0.05, 0.1) is 11.8 Å². The monoisotopic (exact) mass is 538 g/mol. The molecule has 8 nitrogen and oxygen atoms in total. The van der Waals surface area contributed by atoms with Crippen molar-refractivity contribution in [3.8, 4) is 0 Å². The molecule has 5 N–H and O–H groups in total. The van der Waals surface area contributed by atoms with Crippen molar-refractivity contribution in [2.24, 2.45) is 5.73 Å². The van der Waals surface area contributed by atoms with Crippen molar-refractivity contribution < 1.29 is 23.9 Å². The van der Waals surface area contributed by atoms with Crippen LogP contribution in [0, 0.1) is 5.82 Å². The Balaban J connectivity index is 1.46. The SMILES string of the molecule is NCC(O)CNC(=O)C(Cc1ccc2ccccc2c1)NC(=O)CCN1C(=O)CCSc2cc(F)ccc21. The molecule has 1 heterocycles. The molecule has 2 unspecified atom stereocenters. The van der Waals surface area contributed by atoms with Crippen LogP contribution in [0.1, 0.15) is 18.4 Å². The molecule has 4 rings (SSSR count). The Bertz CT molecular complexity index is 1320. The van der Waals surface area contributed by atoms with Crippen LogP contribution in [-0.2, 0) is 20.8 Å². The average Bonchev–Trinajstić information content (AvgIpc) is 3.07. The van der Waals surface area contributed by atoms with Crippen molar-refractivity contribution in [1.82, 2.24) is 10.6 Å². The number of hydrogen-bond acceptors (Lipinski definition) is 6. The van der Waals surface area contributed by atoms with Gasteiger partial charge in [-0.25, -0.2) is 4.39 Å². The molecule has 38 heavy (non-hydrogen) atoms. The van der Waals surface area contributed by atoms with Gasteiger partial charge in [0.25, 0.3) is 0 Å². The van der Waals surface area contributed by atoms with Gasteiger partial charge in [0.15, 0.2) is 0 Å². The Morgan fingerprint density at radius 2 is 1.89 bits per heavy atom. The lowest BCUT2D eigenvalue weighted by molar-refractivity contribution is -0.129. The summed E-state index contributed by atoms with van der Waals surface area (Å²) < 4.78 is 13.7. The first kappa shape index (κ1) is 27.6. The van der Waals surface area contributed by atoms with Crippen LogP contribution in [0.3, 0.4) is 0 Å². The summed E-state index contributed by atoms with van der Waals surface area (Å²) in [6.07, 6.45) is -0.422. The Labute approximate surface area is 224 Å². The van der Waals surface area contributed by atoms with Crippen LogP contribution in [0.25, 0.3) is 10.8 Å². The van der Waals surface area contributed by atoms with Crippen LogP contribution in [0.15, 0.2) is 65.6 Å². The van der Waals surface area contributed by atoms with Gasteiger partial charge in [-0.15, -0.1) is 11.8 Å². The minimum absolute atomic E-state index is 0.00446. The quantitative estimate of drug-likeness (QED) is 0.314. The molecule has 10 heteroatoms. The number of halogens is 1. The van der Waals surface area contributed by atoms with E-state index in [1.54, 1.807) is 6.07 Å². The molecule has 0 radical (unpaired) electrons. The summed E-state index contributed by atoms with van der Waals surface area (Å²) in [5.41, 5.74) is 6.88. The Hall–Kier alpha value is -3.47. The van der Waals surface area contributed by atoms with Crippen LogP contribution >= 0.6 is 11.8 Å². The van der Waals surface area contributed by atoms with E-state index in [-0.39, 0.29) is 50.6 Å². The molecule has 0 fully saturated rings. The maximum absolute atomic E-state index is 13.7. The van der Waals surface area contributed by atoms with Crippen LogP contribution < -0.4 is 21.3 Å². The van der Waals surface area contributed by atoms with Crippen LogP contribution in [0.5, 0.6) is 0 Å². The number of nitrogens with zero attached hydrogens (tertiary/aromatic N) is 1. The predicted molar refractivity (Wildman–Crippen MR) is 146 cm³/mol. The number of carbonyl (C=O) groups excluding carboxylic acids is 3. The Morgan fingerprint density at radius 3 is 2.68 bits per heavy atom. The second-order valence-corrected chi connectivity index (χ2v) is 10.3. The number of thioether (sulfide) groups is 1. The molecule has 200 valence electrons. The first-order valence-electron chi connectivity index (χ1n) is 12.5. The maximum atomic E-state index is 13.7. The second kappa shape index (κ2) is 12.9. The predicted octanol–water partition coefficient (Wildman–Crippen LogP) is 2.36. The molecular formula is C28H31FN4O4S. The number of nitrogens with one attached hydrogen (secondary N) is 2. The third-order valence-electron chi connectivity index (χ3n) is 6.34. The van der Waals surface area contributed by atoms with Crippen molar-refractivity contribution in [3.63, 3.8) is 0 Å². The van der Waals surface area contributed by atoms with E-state index in [2.05, 4.69) is 10.6 Å². The lowest BCUT2D eigenvalue weighted by atomic mass is 10.0. The third-order valence-corrected chi connectivity index (χ3v) is 7.39. The van der Waals surface area contributed by atoms with Gasteiger partial charge in [-0.3, -0.25) is 14.4 Å². The number of hydrogen-bond donors (Lipinski definition) is 4. The van der Waals surface area contributed by atoms with Crippen molar-refractivity contribution in [2.75, 3.05) is 30.3 Å². The number of nitrogens with two attached hydrogens (primary N) is 1. The molecule has 2 atom stereocenters. The normalized spacial score (nSPS) is 14.9. The molecule has 0 aromatic heterocycles. The highest BCUT2D eigenvalue weighted by Crippen LogP contribution is 2.34. The van der Waals surface area contributed by atoms with Gasteiger partial charge in [-0.05, 0) is 34.5 Å². The van der Waals surface area contributed by atoms with Crippen LogP contribution in [0.4, 0.5) is 10.1 Å². The summed E-state index contributed by atoms with van der Waals surface area (Å²) in [5.74, 6) is -0.844. The number of aliphatic hydroxyl groups excluding tert-OH is 1. The van der Waals surface area contributed by atoms with Gasteiger partial charge >= 0.3 is 0 Å². The number of aliphatic hydroxyl groups is 1. The van der Waals surface area contributed by atoms with Gasteiger partial charge in [-0.1, -0.05) is 42.5 Å². The molecule has 1 aliphatic heterocycles. The number of anilines is 1. The number of rotatable bonds is 10. The van der Waals surface area contributed by atoms with E-state index >= 15 is 0 Å². The summed E-state index contributed by atoms with van der Waals surface area (Å²) in [6, 6.07) is 17.0. The smallest absolute Gasteiger partial charge is 0.243 e. The van der Waals surface area contributed by atoms with Gasteiger partial charge in [-0.2, -0.15) is 0 Å². The molecule has 3 aromatic carbocycles. The molecule has 0 saturated carbocycles. The minimum Gasteiger partial charge on any atom is -0.390 e. The number of fused-ring (bicyclic) bond motifs is 2. The van der Waals surface area contributed by atoms with Gasteiger partial charge in [0, 0.05) is 49.5 Å². The van der Waals surface area contributed by atoms with Crippen LogP contribution in [-0.4, -0.2) is 60.4 Å². The molecule has 0 aliphatic carbocycles. The van der Waals surface area contributed by atoms with Gasteiger partial charge in [0.1, 0.15) is 11.9 Å². The van der Waals surface area contributed by atoms with E-state index in [0.717, 1.165) is 16.3 Å². The highest BCUT2D eigenvalue weighted by atomic mass is 32.2. The summed E-state index contributed by atoms with van der Waals surface area (Å²) >= 11 is 1.41. The molecule has 0 saturated heterocycles. The standard InChI is InChI=1S/C28H31FN4O4S/c29-21-7-8-24-25(15-21)38-12-10-27(36)33(24)11-9-26(35)32-23(28(37)31-17-22(34)16-30)14-18-5-6-19-3-1-2-4-20(19)13-18/h1-8,13,15,22-23,34H,9-12,14,16-17,30H2,(H,31,37)(H,32,35). The molecule has 3 amide bonds. The molecule has 1 aliphatic rings. The minimum atomic E-state index is -0.898. The summed E-state index contributed by atoms with van der Waals surface area (Å²) in [6.45, 7) is 0.0578. The molecule has 0 spiro atoms. The summed E-state index contributed by atoms with van der Waals surface area (Å²) in [5, 5.41) is 17.3. The van der Waals surface area contributed by atoms with Crippen LogP contribution in [0.2, 0.25) is 0 Å². The third kappa shape index (κ3) is 7.09. The zero-order valence-corrected chi connectivity index (χ0v) is 21.7. The first-order chi connectivity index (χ1) is 18.3. The fraction of sp³-hybridized carbons (Fsp3) is 0.321. The highest BCUT2D eigenvalue weighted by molar-refractivity contribution is 7.99.